The summed E-state index contributed by atoms with van der Waals surface area (Å²) in [5.41, 5.74) is 1.76. The fourth-order valence-electron chi connectivity index (χ4n) is 1.91. The Morgan fingerprint density at radius 2 is 1.96 bits per heavy atom. The fraction of sp³-hybridized carbons (Fsp3) is 0.0625. The molecule has 3 rings (SSSR count). The van der Waals surface area contributed by atoms with Crippen LogP contribution in [0.1, 0.15) is 11.1 Å². The lowest BCUT2D eigenvalue weighted by Gasteiger charge is -2.10. The van der Waals surface area contributed by atoms with Crippen molar-refractivity contribution < 1.29 is 4.74 Å². The van der Waals surface area contributed by atoms with Gasteiger partial charge in [0, 0.05) is 20.6 Å². The first-order chi connectivity index (χ1) is 11.2. The number of halogens is 2. The minimum absolute atomic E-state index is 0.384. The van der Waals surface area contributed by atoms with Gasteiger partial charge in [-0.05, 0) is 24.3 Å². The zero-order valence-electron chi connectivity index (χ0n) is 11.9. The number of benzene rings is 2. The van der Waals surface area contributed by atoms with Crippen LogP contribution in [0.25, 0.3) is 0 Å². The van der Waals surface area contributed by atoms with Crippen LogP contribution in [0, 0.1) is 0 Å². The molecule has 1 heterocycles. The van der Waals surface area contributed by atoms with Gasteiger partial charge >= 0.3 is 0 Å². The predicted octanol–water partition coefficient (Wildman–Crippen LogP) is 4.16. The molecule has 0 saturated heterocycles. The van der Waals surface area contributed by atoms with E-state index in [0.717, 1.165) is 15.6 Å². The average Bonchev–Trinajstić information content (AvgIpc) is 3.07. The van der Waals surface area contributed by atoms with Crippen molar-refractivity contribution in [1.82, 2.24) is 14.9 Å². The molecule has 0 amide bonds. The summed E-state index contributed by atoms with van der Waals surface area (Å²) in [4.78, 5) is 0. The van der Waals surface area contributed by atoms with Crippen LogP contribution in [-0.4, -0.2) is 21.1 Å². The molecule has 23 heavy (non-hydrogen) atoms. The summed E-state index contributed by atoms with van der Waals surface area (Å²) >= 11 is 9.61. The Bertz CT molecular complexity index is 821. The van der Waals surface area contributed by atoms with Crippen LogP contribution in [0.4, 0.5) is 0 Å². The third-order valence-electron chi connectivity index (χ3n) is 3.05. The number of aromatic nitrogens is 3. The highest BCUT2D eigenvalue weighted by Gasteiger charge is 2.05. The number of nitrogens with zero attached hydrogens (tertiary/aromatic N) is 4. The molecule has 0 unspecified atom stereocenters. The molecule has 7 heteroatoms. The Hall–Kier alpha value is -2.18. The van der Waals surface area contributed by atoms with E-state index >= 15 is 0 Å². The summed E-state index contributed by atoms with van der Waals surface area (Å²) in [5.74, 6) is 0.713. The van der Waals surface area contributed by atoms with Crippen molar-refractivity contribution in [1.29, 1.82) is 0 Å². The predicted molar refractivity (Wildman–Crippen MR) is 92.9 cm³/mol. The van der Waals surface area contributed by atoms with Gasteiger partial charge in [0.1, 0.15) is 25.0 Å². The van der Waals surface area contributed by atoms with Gasteiger partial charge in [-0.1, -0.05) is 45.7 Å². The molecular formula is C16H12BrClN4O. The highest BCUT2D eigenvalue weighted by molar-refractivity contribution is 9.10. The standard InChI is InChI=1S/C16H12BrClN4O/c17-14-5-6-16(23-9-12-3-1-2-4-15(12)18)13(7-14)8-21-22-10-19-20-11-22/h1-8,10-11H,9H2/b21-8-. The smallest absolute Gasteiger partial charge is 0.141 e. The Balaban J connectivity index is 1.80. The first-order valence-corrected chi connectivity index (χ1v) is 7.94. The van der Waals surface area contributed by atoms with Gasteiger partial charge in [0.05, 0.1) is 6.21 Å². The summed E-state index contributed by atoms with van der Waals surface area (Å²) in [5, 5.41) is 12.3. The topological polar surface area (TPSA) is 52.3 Å². The number of ether oxygens (including phenoxy) is 1. The van der Waals surface area contributed by atoms with E-state index in [-0.39, 0.29) is 0 Å². The molecule has 2 aromatic carbocycles. The van der Waals surface area contributed by atoms with Gasteiger partial charge in [-0.2, -0.15) is 5.10 Å². The van der Waals surface area contributed by atoms with E-state index in [1.165, 1.54) is 17.3 Å². The molecule has 0 atom stereocenters. The average molecular weight is 392 g/mol. The van der Waals surface area contributed by atoms with Crippen LogP contribution in [-0.2, 0) is 6.61 Å². The zero-order valence-corrected chi connectivity index (χ0v) is 14.3. The summed E-state index contributed by atoms with van der Waals surface area (Å²) in [6.45, 7) is 0.384. The monoisotopic (exact) mass is 390 g/mol. The summed E-state index contributed by atoms with van der Waals surface area (Å²) in [7, 11) is 0. The molecule has 5 nitrogen and oxygen atoms in total. The van der Waals surface area contributed by atoms with Crippen molar-refractivity contribution in [3.8, 4) is 5.75 Å². The molecule has 1 aromatic heterocycles. The van der Waals surface area contributed by atoms with E-state index < -0.39 is 0 Å². The lowest BCUT2D eigenvalue weighted by atomic mass is 10.2. The summed E-state index contributed by atoms with van der Waals surface area (Å²) in [6.07, 6.45) is 4.72. The molecule has 0 aliphatic carbocycles. The second-order valence-corrected chi connectivity index (χ2v) is 5.97. The normalized spacial score (nSPS) is 11.0. The Morgan fingerprint density at radius 1 is 1.17 bits per heavy atom. The van der Waals surface area contributed by atoms with Gasteiger partial charge in [0.2, 0.25) is 0 Å². The maximum absolute atomic E-state index is 6.15. The van der Waals surface area contributed by atoms with E-state index in [0.29, 0.717) is 17.4 Å². The molecule has 0 N–H and O–H groups in total. The minimum atomic E-state index is 0.384. The van der Waals surface area contributed by atoms with Crippen molar-refractivity contribution in [2.45, 2.75) is 6.61 Å². The van der Waals surface area contributed by atoms with Gasteiger partial charge in [-0.3, -0.25) is 0 Å². The SMILES string of the molecule is Clc1ccccc1COc1ccc(Br)cc1/C=N\n1cnnc1. The first kappa shape index (κ1) is 15.7. The van der Waals surface area contributed by atoms with Crippen LogP contribution in [0.15, 0.2) is 64.7 Å². The van der Waals surface area contributed by atoms with Crippen LogP contribution in [0.3, 0.4) is 0 Å². The minimum Gasteiger partial charge on any atom is -0.488 e. The van der Waals surface area contributed by atoms with Crippen LogP contribution >= 0.6 is 27.5 Å². The summed E-state index contributed by atoms with van der Waals surface area (Å²) in [6, 6.07) is 13.3. The zero-order chi connectivity index (χ0) is 16.1. The summed E-state index contributed by atoms with van der Waals surface area (Å²) < 4.78 is 8.34. The highest BCUT2D eigenvalue weighted by atomic mass is 79.9. The Morgan fingerprint density at radius 3 is 2.74 bits per heavy atom. The maximum atomic E-state index is 6.15. The largest absolute Gasteiger partial charge is 0.488 e. The van der Waals surface area contributed by atoms with E-state index in [2.05, 4.69) is 31.2 Å². The molecule has 0 saturated carbocycles. The van der Waals surface area contributed by atoms with Gasteiger partial charge in [-0.25, -0.2) is 4.68 Å². The molecule has 0 radical (unpaired) electrons. The van der Waals surface area contributed by atoms with Crippen LogP contribution < -0.4 is 4.74 Å². The Kier molecular flexibility index (Phi) is 5.05. The molecule has 0 aliphatic rings. The van der Waals surface area contributed by atoms with Gasteiger partial charge in [0.25, 0.3) is 0 Å². The van der Waals surface area contributed by atoms with E-state index in [1.54, 1.807) is 6.21 Å². The molecule has 0 bridgehead atoms. The van der Waals surface area contributed by atoms with E-state index in [1.807, 2.05) is 42.5 Å². The molecular weight excluding hydrogens is 380 g/mol. The van der Waals surface area contributed by atoms with Crippen molar-refractivity contribution in [2.75, 3.05) is 0 Å². The molecule has 0 aliphatic heterocycles. The third kappa shape index (κ3) is 4.18. The number of hydrogen-bond donors (Lipinski definition) is 0. The van der Waals surface area contributed by atoms with Crippen LogP contribution in [0.2, 0.25) is 5.02 Å². The molecule has 116 valence electrons. The van der Waals surface area contributed by atoms with Gasteiger partial charge in [0.15, 0.2) is 0 Å². The molecule has 0 fully saturated rings. The molecule has 3 aromatic rings. The van der Waals surface area contributed by atoms with Crippen molar-refractivity contribution in [3.05, 3.63) is 75.7 Å². The van der Waals surface area contributed by atoms with E-state index in [9.17, 15) is 0 Å². The number of hydrogen-bond acceptors (Lipinski definition) is 4. The van der Waals surface area contributed by atoms with Crippen molar-refractivity contribution >= 4 is 33.7 Å². The van der Waals surface area contributed by atoms with Crippen LogP contribution in [0.5, 0.6) is 5.75 Å². The maximum Gasteiger partial charge on any atom is 0.141 e. The Labute approximate surface area is 146 Å². The second-order valence-electron chi connectivity index (χ2n) is 4.65. The first-order valence-electron chi connectivity index (χ1n) is 6.77. The van der Waals surface area contributed by atoms with Crippen molar-refractivity contribution in [2.24, 2.45) is 5.10 Å². The second kappa shape index (κ2) is 7.39. The van der Waals surface area contributed by atoms with E-state index in [4.69, 9.17) is 16.3 Å². The van der Waals surface area contributed by atoms with Gasteiger partial charge in [-0.15, -0.1) is 10.2 Å². The highest BCUT2D eigenvalue weighted by Crippen LogP contribution is 2.24. The lowest BCUT2D eigenvalue weighted by molar-refractivity contribution is 0.306. The number of rotatable bonds is 5. The lowest BCUT2D eigenvalue weighted by Crippen LogP contribution is -1.99. The molecule has 0 spiro atoms. The fourth-order valence-corrected chi connectivity index (χ4v) is 2.48. The quantitative estimate of drug-likeness (QED) is 0.614. The third-order valence-corrected chi connectivity index (χ3v) is 3.91. The van der Waals surface area contributed by atoms with Gasteiger partial charge < -0.3 is 4.74 Å². The van der Waals surface area contributed by atoms with Crippen molar-refractivity contribution in [3.63, 3.8) is 0 Å².